The summed E-state index contributed by atoms with van der Waals surface area (Å²) in [5.74, 6) is 0.804. The van der Waals surface area contributed by atoms with Gasteiger partial charge in [0.1, 0.15) is 11.9 Å². The molecule has 0 amide bonds. The third-order valence-corrected chi connectivity index (χ3v) is 3.94. The van der Waals surface area contributed by atoms with E-state index in [9.17, 15) is 13.2 Å². The fourth-order valence-electron chi connectivity index (χ4n) is 2.48. The fraction of sp³-hybridized carbons (Fsp3) is 0.474. The molecule has 154 valence electrons. The fourth-order valence-corrected chi connectivity index (χ4v) is 2.48. The summed E-state index contributed by atoms with van der Waals surface area (Å²) in [4.78, 5) is 4.49. The van der Waals surface area contributed by atoms with Gasteiger partial charge in [-0.25, -0.2) is 4.99 Å². The molecule has 0 aliphatic heterocycles. The number of aromatic nitrogens is 2. The van der Waals surface area contributed by atoms with Crippen LogP contribution in [0.25, 0.3) is 0 Å². The van der Waals surface area contributed by atoms with Crippen molar-refractivity contribution in [3.63, 3.8) is 0 Å². The Bertz CT molecular complexity index is 773. The molecule has 0 aliphatic rings. The molecule has 9 heteroatoms. The van der Waals surface area contributed by atoms with Crippen LogP contribution in [0.5, 0.6) is 5.75 Å². The van der Waals surface area contributed by atoms with Gasteiger partial charge >= 0.3 is 6.18 Å². The molecule has 0 radical (unpaired) electrons. The first-order chi connectivity index (χ1) is 13.3. The smallest absolute Gasteiger partial charge is 0.416 e. The summed E-state index contributed by atoms with van der Waals surface area (Å²) in [6, 6.07) is 4.92. The summed E-state index contributed by atoms with van der Waals surface area (Å²) in [6.45, 7) is 5.43. The predicted octanol–water partition coefficient (Wildman–Crippen LogP) is 3.35. The zero-order valence-corrected chi connectivity index (χ0v) is 16.3. The topological polar surface area (TPSA) is 63.5 Å². The van der Waals surface area contributed by atoms with E-state index in [1.807, 2.05) is 27.1 Å². The number of nitrogens with zero attached hydrogens (tertiary/aromatic N) is 3. The molecule has 1 heterocycles. The highest BCUT2D eigenvalue weighted by molar-refractivity contribution is 5.79. The van der Waals surface area contributed by atoms with Crippen molar-refractivity contribution < 1.29 is 17.9 Å². The number of ether oxygens (including phenoxy) is 1. The number of guanidine groups is 1. The van der Waals surface area contributed by atoms with E-state index in [1.165, 1.54) is 12.1 Å². The van der Waals surface area contributed by atoms with E-state index in [1.54, 1.807) is 10.9 Å². The average molecular weight is 397 g/mol. The Morgan fingerprint density at radius 2 is 2.07 bits per heavy atom. The van der Waals surface area contributed by atoms with E-state index < -0.39 is 11.7 Å². The van der Waals surface area contributed by atoms with E-state index in [4.69, 9.17) is 4.74 Å². The van der Waals surface area contributed by atoms with Gasteiger partial charge in [-0.15, -0.1) is 0 Å². The summed E-state index contributed by atoms with van der Waals surface area (Å²) in [6.07, 6.45) is -0.426. The Labute approximate surface area is 162 Å². The van der Waals surface area contributed by atoms with Crippen LogP contribution in [0.3, 0.4) is 0 Å². The number of nitrogens with one attached hydrogen (secondary N) is 2. The van der Waals surface area contributed by atoms with Crippen molar-refractivity contribution in [3.05, 3.63) is 47.8 Å². The molecule has 28 heavy (non-hydrogen) atoms. The Balaban J connectivity index is 1.96. The molecule has 2 aromatic rings. The van der Waals surface area contributed by atoms with Gasteiger partial charge in [-0.3, -0.25) is 4.68 Å². The highest BCUT2D eigenvalue weighted by Gasteiger charge is 2.30. The highest BCUT2D eigenvalue weighted by atomic mass is 19.4. The van der Waals surface area contributed by atoms with Crippen molar-refractivity contribution >= 4 is 5.96 Å². The van der Waals surface area contributed by atoms with Crippen molar-refractivity contribution in [1.29, 1.82) is 0 Å². The average Bonchev–Trinajstić information content (AvgIpc) is 3.07. The van der Waals surface area contributed by atoms with E-state index in [0.29, 0.717) is 32.0 Å². The van der Waals surface area contributed by atoms with Crippen molar-refractivity contribution in [2.24, 2.45) is 12.0 Å². The largest absolute Gasteiger partial charge is 0.489 e. The number of benzene rings is 1. The number of aryl methyl sites for hydroxylation is 1. The summed E-state index contributed by atoms with van der Waals surface area (Å²) in [5.41, 5.74) is 0.256. The van der Waals surface area contributed by atoms with Crippen molar-refractivity contribution in [2.45, 2.75) is 39.1 Å². The number of hydrogen-bond donors (Lipinski definition) is 2. The number of rotatable bonds is 8. The monoisotopic (exact) mass is 397 g/mol. The maximum absolute atomic E-state index is 12.9. The summed E-state index contributed by atoms with van der Waals surface area (Å²) in [7, 11) is 1.84. The molecule has 0 saturated carbocycles. The first kappa shape index (κ1) is 21.6. The van der Waals surface area contributed by atoms with Gasteiger partial charge in [-0.1, -0.05) is 13.0 Å². The van der Waals surface area contributed by atoms with Crippen LogP contribution < -0.4 is 15.4 Å². The number of halogens is 3. The zero-order chi connectivity index (χ0) is 20.6. The van der Waals surface area contributed by atoms with Crippen LogP contribution in [0.1, 0.15) is 31.4 Å². The second kappa shape index (κ2) is 10.0. The van der Waals surface area contributed by atoms with Crippen LogP contribution in [0.2, 0.25) is 0 Å². The second-order valence-corrected chi connectivity index (χ2v) is 6.27. The molecule has 1 aromatic heterocycles. The van der Waals surface area contributed by atoms with Gasteiger partial charge < -0.3 is 15.4 Å². The molecule has 0 spiro atoms. The Kier molecular flexibility index (Phi) is 7.71. The molecule has 0 bridgehead atoms. The third kappa shape index (κ3) is 6.79. The third-order valence-electron chi connectivity index (χ3n) is 3.94. The maximum Gasteiger partial charge on any atom is 0.416 e. The summed E-state index contributed by atoms with van der Waals surface area (Å²) < 4.78 is 46.0. The Hall–Kier alpha value is -2.71. The minimum absolute atomic E-state index is 0.195. The molecule has 6 nitrogen and oxygen atoms in total. The van der Waals surface area contributed by atoms with Crippen LogP contribution in [0.4, 0.5) is 13.2 Å². The Morgan fingerprint density at radius 3 is 2.68 bits per heavy atom. The molecule has 1 atom stereocenters. The molecule has 2 N–H and O–H groups in total. The van der Waals surface area contributed by atoms with Gasteiger partial charge in [0.2, 0.25) is 0 Å². The van der Waals surface area contributed by atoms with Gasteiger partial charge in [0.15, 0.2) is 5.96 Å². The SMILES string of the molecule is CCNC(=NCc1cnn(C)c1)NCC(CC)Oc1cccc(C(F)(F)F)c1. The minimum atomic E-state index is -4.39. The molecule has 0 aliphatic carbocycles. The predicted molar refractivity (Wildman–Crippen MR) is 102 cm³/mol. The number of aliphatic imine (C=N–C) groups is 1. The van der Waals surface area contributed by atoms with E-state index in [0.717, 1.165) is 17.7 Å². The van der Waals surface area contributed by atoms with Crippen LogP contribution in [0.15, 0.2) is 41.7 Å². The van der Waals surface area contributed by atoms with E-state index in [-0.39, 0.29) is 11.9 Å². The molecular weight excluding hydrogens is 371 g/mol. The van der Waals surface area contributed by atoms with Gasteiger partial charge in [-0.2, -0.15) is 18.3 Å². The summed E-state index contributed by atoms with van der Waals surface area (Å²) in [5, 5.41) is 10.4. The second-order valence-electron chi connectivity index (χ2n) is 6.27. The van der Waals surface area contributed by atoms with E-state index >= 15 is 0 Å². The maximum atomic E-state index is 12.9. The lowest BCUT2D eigenvalue weighted by molar-refractivity contribution is -0.137. The van der Waals surface area contributed by atoms with Crippen molar-refractivity contribution in [2.75, 3.05) is 13.1 Å². The lowest BCUT2D eigenvalue weighted by Crippen LogP contribution is -2.42. The normalized spacial score (nSPS) is 13.3. The number of alkyl halides is 3. The molecule has 0 fully saturated rings. The van der Waals surface area contributed by atoms with Crippen LogP contribution in [-0.4, -0.2) is 34.9 Å². The minimum Gasteiger partial charge on any atom is -0.489 e. The van der Waals surface area contributed by atoms with Gasteiger partial charge in [0.25, 0.3) is 0 Å². The first-order valence-electron chi connectivity index (χ1n) is 9.15. The molecule has 2 rings (SSSR count). The van der Waals surface area contributed by atoms with Crippen molar-refractivity contribution in [1.82, 2.24) is 20.4 Å². The van der Waals surface area contributed by atoms with Gasteiger partial charge in [0, 0.05) is 25.4 Å². The highest BCUT2D eigenvalue weighted by Crippen LogP contribution is 2.31. The summed E-state index contributed by atoms with van der Waals surface area (Å²) >= 11 is 0. The Morgan fingerprint density at radius 1 is 1.29 bits per heavy atom. The molecule has 1 unspecified atom stereocenters. The van der Waals surface area contributed by atoms with Crippen LogP contribution in [-0.2, 0) is 19.8 Å². The van der Waals surface area contributed by atoms with Gasteiger partial charge in [-0.05, 0) is 31.5 Å². The quantitative estimate of drug-likeness (QED) is 0.530. The standard InChI is InChI=1S/C19H26F3N5O/c1-4-16(28-17-8-6-7-15(9-17)19(20,21)22)12-25-18(23-5-2)24-10-14-11-26-27(3)13-14/h6-9,11,13,16H,4-5,10,12H2,1-3H3,(H2,23,24,25). The lowest BCUT2D eigenvalue weighted by Gasteiger charge is -2.20. The molecule has 0 saturated heterocycles. The van der Waals surface area contributed by atoms with Gasteiger partial charge in [0.05, 0.1) is 24.8 Å². The van der Waals surface area contributed by atoms with Crippen LogP contribution >= 0.6 is 0 Å². The van der Waals surface area contributed by atoms with E-state index in [2.05, 4.69) is 20.7 Å². The van der Waals surface area contributed by atoms with Crippen molar-refractivity contribution in [3.8, 4) is 5.75 Å². The molecule has 1 aromatic carbocycles. The lowest BCUT2D eigenvalue weighted by atomic mass is 10.2. The van der Waals surface area contributed by atoms with Crippen LogP contribution in [0, 0.1) is 0 Å². The molecular formula is C19H26F3N5O. The first-order valence-corrected chi connectivity index (χ1v) is 9.15. The number of hydrogen-bond acceptors (Lipinski definition) is 3. The zero-order valence-electron chi connectivity index (χ0n) is 16.3.